The van der Waals surface area contributed by atoms with Crippen molar-refractivity contribution in [1.82, 2.24) is 4.98 Å². The van der Waals surface area contributed by atoms with Crippen LogP contribution in [0.3, 0.4) is 0 Å². The number of hydrogen-bond donors (Lipinski definition) is 1. The lowest BCUT2D eigenvalue weighted by Gasteiger charge is -2.47. The molecule has 2 aliphatic rings. The number of hydrogen-bond acceptors (Lipinski definition) is 0. The Labute approximate surface area is 236 Å². The molecule has 0 amide bonds. The van der Waals surface area contributed by atoms with Crippen LogP contribution in [0.1, 0.15) is 51.2 Å². The average molecular weight is 518 g/mol. The van der Waals surface area contributed by atoms with Crippen LogP contribution >= 0.6 is 0 Å². The van der Waals surface area contributed by atoms with E-state index in [1.807, 2.05) is 0 Å². The van der Waals surface area contributed by atoms with Crippen molar-refractivity contribution in [2.45, 2.75) is 45.4 Å². The molecule has 0 radical (unpaired) electrons. The Morgan fingerprint density at radius 3 is 2.40 bits per heavy atom. The van der Waals surface area contributed by atoms with Crippen LogP contribution in [0.5, 0.6) is 0 Å². The molecular formula is C39H35N. The SMILES string of the molecule is C/C=C1\CC(CC)CC(C)C12c1ccccc1-c1cc(-c3ccc4c(c3)[nH]c3c5ccccc5ccc43)ccc12. The lowest BCUT2D eigenvalue weighted by Crippen LogP contribution is -2.41. The van der Waals surface area contributed by atoms with E-state index >= 15 is 0 Å². The Morgan fingerprint density at radius 1 is 0.775 bits per heavy atom. The van der Waals surface area contributed by atoms with Gasteiger partial charge in [0.05, 0.1) is 5.52 Å². The van der Waals surface area contributed by atoms with Crippen LogP contribution in [-0.4, -0.2) is 4.98 Å². The maximum absolute atomic E-state index is 3.77. The summed E-state index contributed by atoms with van der Waals surface area (Å²) in [5, 5.41) is 5.13. The third-order valence-corrected chi connectivity index (χ3v) is 10.3. The second kappa shape index (κ2) is 8.70. The number of benzene rings is 5. The fourth-order valence-corrected chi connectivity index (χ4v) is 8.41. The van der Waals surface area contributed by atoms with Crippen LogP contribution < -0.4 is 0 Å². The van der Waals surface area contributed by atoms with Crippen LogP contribution in [0.4, 0.5) is 0 Å². The van der Waals surface area contributed by atoms with E-state index in [1.54, 1.807) is 5.57 Å². The smallest absolute Gasteiger partial charge is 0.0544 e. The molecule has 8 rings (SSSR count). The first-order valence-corrected chi connectivity index (χ1v) is 15.0. The molecule has 1 spiro atoms. The van der Waals surface area contributed by atoms with E-state index in [4.69, 9.17) is 0 Å². The van der Waals surface area contributed by atoms with Gasteiger partial charge < -0.3 is 4.98 Å². The molecule has 0 aliphatic heterocycles. The summed E-state index contributed by atoms with van der Waals surface area (Å²) in [4.78, 5) is 3.77. The molecule has 3 atom stereocenters. The molecule has 3 unspecified atom stereocenters. The molecular weight excluding hydrogens is 482 g/mol. The Hall–Kier alpha value is -4.10. The van der Waals surface area contributed by atoms with Gasteiger partial charge >= 0.3 is 0 Å². The first-order chi connectivity index (χ1) is 19.6. The third-order valence-electron chi connectivity index (χ3n) is 10.3. The largest absolute Gasteiger partial charge is 0.354 e. The quantitative estimate of drug-likeness (QED) is 0.220. The fraction of sp³-hybridized carbons (Fsp3) is 0.231. The van der Waals surface area contributed by atoms with Gasteiger partial charge in [0, 0.05) is 27.1 Å². The van der Waals surface area contributed by atoms with Crippen LogP contribution in [0.2, 0.25) is 0 Å². The molecule has 196 valence electrons. The summed E-state index contributed by atoms with van der Waals surface area (Å²) in [6.45, 7) is 7.12. The molecule has 0 bridgehead atoms. The molecule has 1 nitrogen and oxygen atoms in total. The highest BCUT2D eigenvalue weighted by Gasteiger charge is 2.51. The first-order valence-electron chi connectivity index (χ1n) is 15.0. The van der Waals surface area contributed by atoms with E-state index in [-0.39, 0.29) is 5.41 Å². The van der Waals surface area contributed by atoms with Gasteiger partial charge in [0.1, 0.15) is 0 Å². The van der Waals surface area contributed by atoms with Gasteiger partial charge in [0.25, 0.3) is 0 Å². The van der Waals surface area contributed by atoms with Crippen molar-refractivity contribution in [1.29, 1.82) is 0 Å². The van der Waals surface area contributed by atoms with Gasteiger partial charge in [-0.25, -0.2) is 0 Å². The summed E-state index contributed by atoms with van der Waals surface area (Å²) < 4.78 is 0. The van der Waals surface area contributed by atoms with Gasteiger partial charge in [0.2, 0.25) is 0 Å². The molecule has 5 aromatic carbocycles. The Balaban J connectivity index is 1.30. The van der Waals surface area contributed by atoms with Gasteiger partial charge in [-0.15, -0.1) is 0 Å². The summed E-state index contributed by atoms with van der Waals surface area (Å²) in [6, 6.07) is 36.6. The molecule has 0 saturated heterocycles. The average Bonchev–Trinajstić information content (AvgIpc) is 3.52. The fourth-order valence-electron chi connectivity index (χ4n) is 8.41. The zero-order valence-corrected chi connectivity index (χ0v) is 23.6. The van der Waals surface area contributed by atoms with Gasteiger partial charge in [-0.05, 0) is 82.5 Å². The predicted octanol–water partition coefficient (Wildman–Crippen LogP) is 10.8. The third kappa shape index (κ3) is 3.09. The van der Waals surface area contributed by atoms with E-state index in [0.717, 1.165) is 5.92 Å². The van der Waals surface area contributed by atoms with Crippen molar-refractivity contribution in [3.05, 3.63) is 120 Å². The normalized spacial score (nSPS) is 22.9. The maximum atomic E-state index is 3.77. The Kier molecular flexibility index (Phi) is 5.17. The highest BCUT2D eigenvalue weighted by molar-refractivity contribution is 6.17. The topological polar surface area (TPSA) is 15.8 Å². The van der Waals surface area contributed by atoms with Crippen molar-refractivity contribution in [3.63, 3.8) is 0 Å². The highest BCUT2D eigenvalue weighted by Crippen LogP contribution is 2.61. The van der Waals surface area contributed by atoms with Crippen LogP contribution in [0.25, 0.3) is 54.8 Å². The zero-order chi connectivity index (χ0) is 27.0. The number of H-pyrrole nitrogens is 1. The van der Waals surface area contributed by atoms with Crippen molar-refractivity contribution >= 4 is 32.6 Å². The van der Waals surface area contributed by atoms with Crippen molar-refractivity contribution in [3.8, 4) is 22.3 Å². The summed E-state index contributed by atoms with van der Waals surface area (Å²) in [5.41, 5.74) is 12.4. The van der Waals surface area contributed by atoms with Gasteiger partial charge in [-0.2, -0.15) is 0 Å². The van der Waals surface area contributed by atoms with Crippen LogP contribution in [-0.2, 0) is 5.41 Å². The first kappa shape index (κ1) is 23.8. The number of aromatic amines is 1. The summed E-state index contributed by atoms with van der Waals surface area (Å²) in [7, 11) is 0. The zero-order valence-electron chi connectivity index (χ0n) is 23.6. The predicted molar refractivity (Wildman–Crippen MR) is 171 cm³/mol. The monoisotopic (exact) mass is 517 g/mol. The Morgan fingerprint density at radius 2 is 1.52 bits per heavy atom. The van der Waals surface area contributed by atoms with Crippen molar-refractivity contribution < 1.29 is 0 Å². The van der Waals surface area contributed by atoms with Crippen LogP contribution in [0, 0.1) is 11.8 Å². The number of allylic oxidation sites excluding steroid dienone is 2. The molecule has 2 aliphatic carbocycles. The minimum absolute atomic E-state index is 0.00688. The maximum Gasteiger partial charge on any atom is 0.0544 e. The molecule has 1 saturated carbocycles. The number of rotatable bonds is 2. The number of fused-ring (bicyclic) bond motifs is 10. The van der Waals surface area contributed by atoms with E-state index in [2.05, 4.69) is 129 Å². The Bertz CT molecular complexity index is 1990. The highest BCUT2D eigenvalue weighted by atomic mass is 14.7. The summed E-state index contributed by atoms with van der Waals surface area (Å²) >= 11 is 0. The minimum Gasteiger partial charge on any atom is -0.354 e. The number of nitrogens with one attached hydrogen (secondary N) is 1. The molecule has 1 fully saturated rings. The summed E-state index contributed by atoms with van der Waals surface area (Å²) in [6.07, 6.45) is 6.19. The van der Waals surface area contributed by atoms with Crippen molar-refractivity contribution in [2.24, 2.45) is 11.8 Å². The van der Waals surface area contributed by atoms with Crippen LogP contribution in [0.15, 0.2) is 109 Å². The van der Waals surface area contributed by atoms with E-state index < -0.39 is 0 Å². The van der Waals surface area contributed by atoms with Crippen molar-refractivity contribution in [2.75, 3.05) is 0 Å². The lowest BCUT2D eigenvalue weighted by molar-refractivity contribution is 0.247. The van der Waals surface area contributed by atoms with E-state index in [9.17, 15) is 0 Å². The van der Waals surface area contributed by atoms with Gasteiger partial charge in [-0.1, -0.05) is 117 Å². The molecule has 1 aromatic heterocycles. The standard InChI is InChI=1S/C39H35N/c1-4-25-20-24(3)39(29(5-2)21-25)35-13-9-8-12-31(35)34-22-27(16-19-36(34)39)28-15-17-32-33-18-14-26-10-6-7-11-30(26)38(33)40-37(32)23-28/h5-19,22-25,40H,4,20-21H2,1-3H3/b29-5+. The molecule has 1 heteroatoms. The van der Waals surface area contributed by atoms with Gasteiger partial charge in [0.15, 0.2) is 0 Å². The second-order valence-corrected chi connectivity index (χ2v) is 12.1. The second-order valence-electron chi connectivity index (χ2n) is 12.1. The molecule has 6 aromatic rings. The van der Waals surface area contributed by atoms with Gasteiger partial charge in [-0.3, -0.25) is 0 Å². The molecule has 1 N–H and O–H groups in total. The van der Waals surface area contributed by atoms with E-state index in [0.29, 0.717) is 5.92 Å². The number of aromatic nitrogens is 1. The molecule has 40 heavy (non-hydrogen) atoms. The minimum atomic E-state index is -0.00688. The van der Waals surface area contributed by atoms with E-state index in [1.165, 1.54) is 85.2 Å². The summed E-state index contributed by atoms with van der Waals surface area (Å²) in [5.74, 6) is 1.35. The lowest BCUT2D eigenvalue weighted by atomic mass is 9.56. The molecule has 1 heterocycles.